The second-order valence-corrected chi connectivity index (χ2v) is 6.96. The Labute approximate surface area is 140 Å². The maximum Gasteiger partial charge on any atom is 0.225 e. The Morgan fingerprint density at radius 3 is 2.86 bits per heavy atom. The van der Waals surface area contributed by atoms with Crippen LogP contribution < -0.4 is 5.32 Å². The van der Waals surface area contributed by atoms with E-state index in [1.165, 1.54) is 22.6 Å². The van der Waals surface area contributed by atoms with E-state index in [0.717, 1.165) is 29.5 Å². The Morgan fingerprint density at radius 1 is 1.18 bits per heavy atom. The quantitative estimate of drug-likeness (QED) is 0.629. The molecule has 3 nitrogen and oxygen atoms in total. The first-order valence-corrected chi connectivity index (χ1v) is 8.39. The summed E-state index contributed by atoms with van der Waals surface area (Å²) in [7, 11) is 0. The number of hydrogen-bond donors (Lipinski definition) is 1. The van der Waals surface area contributed by atoms with Crippen LogP contribution in [-0.2, 0) is 12.8 Å². The molecule has 7 heteroatoms. The molecule has 22 heavy (non-hydrogen) atoms. The summed E-state index contributed by atoms with van der Waals surface area (Å²) in [6.07, 6.45) is 3.26. The highest BCUT2D eigenvalue weighted by Crippen LogP contribution is 2.40. The summed E-state index contributed by atoms with van der Waals surface area (Å²) in [4.78, 5) is 10.9. The van der Waals surface area contributed by atoms with Crippen LogP contribution in [0.3, 0.4) is 0 Å². The highest BCUT2D eigenvalue weighted by molar-refractivity contribution is 7.19. The van der Waals surface area contributed by atoms with Gasteiger partial charge in [-0.1, -0.05) is 11.6 Å². The first-order valence-electron chi connectivity index (χ1n) is 6.81. The molecule has 0 aliphatic heterocycles. The summed E-state index contributed by atoms with van der Waals surface area (Å²) >= 11 is 13.5. The van der Waals surface area contributed by atoms with E-state index in [1.54, 1.807) is 17.4 Å². The van der Waals surface area contributed by atoms with Gasteiger partial charge in [0.25, 0.3) is 0 Å². The zero-order valence-electron chi connectivity index (χ0n) is 11.3. The number of aryl methyl sites for hydroxylation is 2. The predicted molar refractivity (Wildman–Crippen MR) is 89.1 cm³/mol. The van der Waals surface area contributed by atoms with Gasteiger partial charge in [0.15, 0.2) is 0 Å². The van der Waals surface area contributed by atoms with Crippen molar-refractivity contribution in [1.82, 2.24) is 9.97 Å². The minimum absolute atomic E-state index is 0.0666. The Hall–Kier alpha value is -1.43. The van der Waals surface area contributed by atoms with Crippen molar-refractivity contribution in [2.75, 3.05) is 5.32 Å². The second-order valence-electron chi connectivity index (χ2n) is 5.13. The number of hydrogen-bond acceptors (Lipinski definition) is 4. The lowest BCUT2D eigenvalue weighted by molar-refractivity contribution is 0.628. The van der Waals surface area contributed by atoms with Gasteiger partial charge in [-0.25, -0.2) is 9.37 Å². The fraction of sp³-hybridized carbons (Fsp3) is 0.200. The number of benzene rings is 1. The summed E-state index contributed by atoms with van der Waals surface area (Å²) in [5, 5.41) is 4.47. The first-order chi connectivity index (χ1) is 10.6. The van der Waals surface area contributed by atoms with Gasteiger partial charge in [0.2, 0.25) is 5.28 Å². The molecule has 1 aliphatic rings. The van der Waals surface area contributed by atoms with Crippen molar-refractivity contribution in [2.45, 2.75) is 19.3 Å². The zero-order chi connectivity index (χ0) is 15.3. The highest BCUT2D eigenvalue weighted by atomic mass is 35.5. The highest BCUT2D eigenvalue weighted by Gasteiger charge is 2.22. The third-order valence-electron chi connectivity index (χ3n) is 3.72. The molecule has 112 valence electrons. The number of rotatable bonds is 2. The maximum atomic E-state index is 13.3. The molecule has 4 rings (SSSR count). The molecular weight excluding hydrogens is 344 g/mol. The van der Waals surface area contributed by atoms with E-state index >= 15 is 0 Å². The normalized spacial score (nSPS) is 13.6. The number of nitrogens with zero attached hydrogens (tertiary/aromatic N) is 2. The molecule has 1 aliphatic carbocycles. The Morgan fingerprint density at radius 2 is 2.05 bits per heavy atom. The second kappa shape index (κ2) is 5.33. The maximum absolute atomic E-state index is 13.3. The van der Waals surface area contributed by atoms with E-state index < -0.39 is 5.82 Å². The molecule has 0 spiro atoms. The molecule has 0 unspecified atom stereocenters. The van der Waals surface area contributed by atoms with Crippen LogP contribution in [0, 0.1) is 5.82 Å². The number of halogens is 3. The summed E-state index contributed by atoms with van der Waals surface area (Å²) in [6, 6.07) is 4.48. The van der Waals surface area contributed by atoms with Crippen molar-refractivity contribution >= 4 is 56.3 Å². The van der Waals surface area contributed by atoms with E-state index in [1.807, 2.05) is 0 Å². The molecule has 0 bridgehead atoms. The van der Waals surface area contributed by atoms with E-state index in [2.05, 4.69) is 15.3 Å². The Bertz CT molecular complexity index is 894. The van der Waals surface area contributed by atoms with Gasteiger partial charge < -0.3 is 5.32 Å². The molecule has 1 aromatic carbocycles. The smallest absolute Gasteiger partial charge is 0.225 e. The number of nitrogens with one attached hydrogen (secondary N) is 1. The molecule has 0 saturated heterocycles. The fourth-order valence-corrected chi connectivity index (χ4v) is 4.43. The molecule has 0 saturated carbocycles. The monoisotopic (exact) mass is 353 g/mol. The third-order valence-corrected chi connectivity index (χ3v) is 5.36. The minimum Gasteiger partial charge on any atom is -0.339 e. The molecule has 3 aromatic rings. The van der Waals surface area contributed by atoms with Crippen LogP contribution in [0.2, 0.25) is 10.3 Å². The lowest BCUT2D eigenvalue weighted by Gasteiger charge is -2.09. The van der Waals surface area contributed by atoms with Gasteiger partial charge >= 0.3 is 0 Å². The molecule has 0 amide bonds. The van der Waals surface area contributed by atoms with Crippen molar-refractivity contribution in [3.05, 3.63) is 44.8 Å². The Kier molecular flexibility index (Phi) is 3.44. The molecule has 2 aromatic heterocycles. The lowest BCUT2D eigenvalue weighted by Crippen LogP contribution is -1.97. The summed E-state index contributed by atoms with van der Waals surface area (Å²) in [5.41, 5.74) is 1.97. The Balaban J connectivity index is 1.85. The standard InChI is InChI=1S/C15H10Cl2FN3S/c16-9-6-7(4-5-10(9)18)19-13-12-8-2-1-3-11(8)22-14(12)21-15(17)20-13/h4-6H,1-3H2,(H,19,20,21). The van der Waals surface area contributed by atoms with Crippen LogP contribution in [0.25, 0.3) is 10.2 Å². The summed E-state index contributed by atoms with van der Waals surface area (Å²) in [6.45, 7) is 0. The number of thiophene rings is 1. The lowest BCUT2D eigenvalue weighted by atomic mass is 10.2. The van der Waals surface area contributed by atoms with Crippen molar-refractivity contribution in [3.63, 3.8) is 0 Å². The van der Waals surface area contributed by atoms with Crippen LogP contribution in [0.5, 0.6) is 0 Å². The van der Waals surface area contributed by atoms with Crippen molar-refractivity contribution in [1.29, 1.82) is 0 Å². The van der Waals surface area contributed by atoms with Crippen molar-refractivity contribution in [3.8, 4) is 0 Å². The van der Waals surface area contributed by atoms with Crippen LogP contribution in [0.15, 0.2) is 18.2 Å². The molecular formula is C15H10Cl2FN3S. The summed E-state index contributed by atoms with van der Waals surface area (Å²) < 4.78 is 13.3. The number of fused-ring (bicyclic) bond motifs is 3. The first kappa shape index (κ1) is 14.2. The van der Waals surface area contributed by atoms with E-state index in [-0.39, 0.29) is 10.3 Å². The van der Waals surface area contributed by atoms with E-state index in [0.29, 0.717) is 11.5 Å². The van der Waals surface area contributed by atoms with E-state index in [9.17, 15) is 4.39 Å². The van der Waals surface area contributed by atoms with Crippen LogP contribution in [0.1, 0.15) is 16.9 Å². The summed E-state index contributed by atoms with van der Waals surface area (Å²) in [5.74, 6) is 0.201. The minimum atomic E-state index is -0.450. The molecule has 1 N–H and O–H groups in total. The topological polar surface area (TPSA) is 37.8 Å². The van der Waals surface area contributed by atoms with Gasteiger partial charge in [0.1, 0.15) is 16.5 Å². The fourth-order valence-electron chi connectivity index (χ4n) is 2.77. The largest absolute Gasteiger partial charge is 0.339 e. The van der Waals surface area contributed by atoms with Gasteiger partial charge in [-0.15, -0.1) is 11.3 Å². The van der Waals surface area contributed by atoms with Gasteiger partial charge in [0, 0.05) is 10.6 Å². The van der Waals surface area contributed by atoms with Gasteiger partial charge in [0.05, 0.1) is 10.4 Å². The van der Waals surface area contributed by atoms with Crippen LogP contribution in [0.4, 0.5) is 15.9 Å². The zero-order valence-corrected chi connectivity index (χ0v) is 13.6. The molecule has 2 heterocycles. The number of aromatic nitrogens is 2. The molecule has 0 atom stereocenters. The van der Waals surface area contributed by atoms with E-state index in [4.69, 9.17) is 23.2 Å². The van der Waals surface area contributed by atoms with Crippen LogP contribution >= 0.6 is 34.5 Å². The molecule has 0 fully saturated rings. The predicted octanol–water partition coefficient (Wildman–Crippen LogP) is 5.37. The SMILES string of the molecule is Fc1ccc(Nc2nc(Cl)nc3sc4c(c23)CCC4)cc1Cl. The van der Waals surface area contributed by atoms with Crippen molar-refractivity contribution in [2.24, 2.45) is 0 Å². The third kappa shape index (κ3) is 2.33. The van der Waals surface area contributed by atoms with Gasteiger partial charge in [-0.05, 0) is 54.6 Å². The average Bonchev–Trinajstić information content (AvgIpc) is 3.02. The van der Waals surface area contributed by atoms with Gasteiger partial charge in [-0.2, -0.15) is 4.98 Å². The van der Waals surface area contributed by atoms with Crippen LogP contribution in [-0.4, -0.2) is 9.97 Å². The van der Waals surface area contributed by atoms with Gasteiger partial charge in [-0.3, -0.25) is 0 Å². The van der Waals surface area contributed by atoms with Crippen molar-refractivity contribution < 1.29 is 4.39 Å². The molecule has 0 radical (unpaired) electrons. The average molecular weight is 354 g/mol. The number of anilines is 2.